The van der Waals surface area contributed by atoms with Crippen molar-refractivity contribution in [2.75, 3.05) is 0 Å². The topological polar surface area (TPSA) is 0 Å². The van der Waals surface area contributed by atoms with E-state index in [9.17, 15) is 0 Å². The van der Waals surface area contributed by atoms with Crippen molar-refractivity contribution < 1.29 is 0 Å². The first-order valence-electron chi connectivity index (χ1n) is 7.83. The van der Waals surface area contributed by atoms with Gasteiger partial charge < -0.3 is 0 Å². The molecule has 0 saturated carbocycles. The molecular weight excluding hydrogens is 252 g/mol. The monoisotopic (exact) mass is 282 g/mol. The summed E-state index contributed by atoms with van der Waals surface area (Å²) in [5.41, 5.74) is 5.03. The normalized spacial score (nSPS) is 14.7. The molecule has 114 valence electrons. The molecule has 0 unspecified atom stereocenters. The van der Waals surface area contributed by atoms with E-state index in [-0.39, 0.29) is 0 Å². The molecule has 0 N–H and O–H groups in total. The van der Waals surface area contributed by atoms with Gasteiger partial charge in [0.1, 0.15) is 0 Å². The minimum atomic E-state index is 1.00. The highest BCUT2D eigenvalue weighted by molar-refractivity contribution is 5.52. The van der Waals surface area contributed by atoms with Gasteiger partial charge in [0, 0.05) is 0 Å². The summed E-state index contributed by atoms with van der Waals surface area (Å²) in [6.07, 6.45) is 19.9. The molecule has 0 aromatic heterocycles. The van der Waals surface area contributed by atoms with E-state index >= 15 is 0 Å². The highest BCUT2D eigenvalue weighted by Gasteiger charge is 2.03. The first kappa shape index (κ1) is 19.2. The summed E-state index contributed by atoms with van der Waals surface area (Å²) in [5, 5.41) is 0. The lowest BCUT2D eigenvalue weighted by Crippen LogP contribution is -1.90. The molecule has 0 aromatic rings. The number of unbranched alkanes of at least 4 members (excludes halogenated alkanes) is 1. The highest BCUT2D eigenvalue weighted by Crippen LogP contribution is 2.22. The number of rotatable bonds is 9. The Labute approximate surface area is 131 Å². The Kier molecular flexibility index (Phi) is 10.9. The molecule has 0 nitrogen and oxygen atoms in total. The van der Waals surface area contributed by atoms with Crippen LogP contribution in [0.2, 0.25) is 0 Å². The summed E-state index contributed by atoms with van der Waals surface area (Å²) in [4.78, 5) is 0. The highest BCUT2D eigenvalue weighted by atomic mass is 14.1. The van der Waals surface area contributed by atoms with Crippen molar-refractivity contribution in [3.8, 4) is 0 Å². The summed E-state index contributed by atoms with van der Waals surface area (Å²) in [5.74, 6) is 0. The van der Waals surface area contributed by atoms with Crippen LogP contribution in [0.25, 0.3) is 0 Å². The Hall–Kier alpha value is -1.82. The van der Waals surface area contributed by atoms with E-state index in [1.807, 2.05) is 12.2 Å². The van der Waals surface area contributed by atoms with Gasteiger partial charge in [-0.3, -0.25) is 0 Å². The standard InChI is InChI=1S/C21H30/c1-7-13-15-18(9-3)20(11-5)17-21(12-6)19(10-4)16-14-8-2/h7,9-11,13,15-17H,1,4,8,12,14H2,2-3,5-6H3/b15-13-,18-9+,19-16+,20-11+,21-17+. The quantitative estimate of drug-likeness (QED) is 0.405. The van der Waals surface area contributed by atoms with Crippen LogP contribution in [0.5, 0.6) is 0 Å². The fourth-order valence-electron chi connectivity index (χ4n) is 2.09. The van der Waals surface area contributed by atoms with Gasteiger partial charge in [-0.15, -0.1) is 0 Å². The predicted octanol–water partition coefficient (Wildman–Crippen LogP) is 6.87. The van der Waals surface area contributed by atoms with E-state index in [1.54, 1.807) is 6.08 Å². The molecule has 0 aliphatic carbocycles. The van der Waals surface area contributed by atoms with Gasteiger partial charge >= 0.3 is 0 Å². The number of hydrogen-bond acceptors (Lipinski definition) is 0. The molecule has 0 heterocycles. The van der Waals surface area contributed by atoms with E-state index in [2.05, 4.69) is 71.2 Å². The molecule has 0 aliphatic rings. The fourth-order valence-corrected chi connectivity index (χ4v) is 2.09. The minimum absolute atomic E-state index is 1.00. The maximum atomic E-state index is 3.96. The van der Waals surface area contributed by atoms with Crippen molar-refractivity contribution in [2.45, 2.75) is 47.0 Å². The molecule has 0 amide bonds. The van der Waals surface area contributed by atoms with Crippen LogP contribution in [-0.2, 0) is 0 Å². The van der Waals surface area contributed by atoms with Crippen molar-refractivity contribution in [2.24, 2.45) is 0 Å². The van der Waals surface area contributed by atoms with Crippen LogP contribution in [0.1, 0.15) is 47.0 Å². The van der Waals surface area contributed by atoms with Gasteiger partial charge in [0.25, 0.3) is 0 Å². The number of hydrogen-bond donors (Lipinski definition) is 0. The zero-order valence-electron chi connectivity index (χ0n) is 14.2. The second-order valence-electron chi connectivity index (χ2n) is 4.76. The second-order valence-corrected chi connectivity index (χ2v) is 4.76. The Morgan fingerprint density at radius 3 is 2.05 bits per heavy atom. The van der Waals surface area contributed by atoms with Gasteiger partial charge in [0.2, 0.25) is 0 Å². The minimum Gasteiger partial charge on any atom is -0.0991 e. The summed E-state index contributed by atoms with van der Waals surface area (Å²) in [6.45, 7) is 16.2. The Balaban J connectivity index is 5.59. The summed E-state index contributed by atoms with van der Waals surface area (Å²) in [7, 11) is 0. The Morgan fingerprint density at radius 2 is 1.62 bits per heavy atom. The maximum Gasteiger partial charge on any atom is -0.0227 e. The van der Waals surface area contributed by atoms with Crippen molar-refractivity contribution in [3.05, 3.63) is 84.1 Å². The molecule has 0 rings (SSSR count). The van der Waals surface area contributed by atoms with Gasteiger partial charge in [-0.25, -0.2) is 0 Å². The van der Waals surface area contributed by atoms with Crippen LogP contribution < -0.4 is 0 Å². The van der Waals surface area contributed by atoms with E-state index in [1.165, 1.54) is 22.3 Å². The average Bonchev–Trinajstić information content (AvgIpc) is 2.52. The smallest absolute Gasteiger partial charge is 0.0227 e. The first-order chi connectivity index (χ1) is 10.2. The SMILES string of the molecule is C=C\C=C/C(=C\C)C(=C/C)/C=C(CC)/C(C=C)=C/CCC. The molecule has 0 radical (unpaired) electrons. The zero-order chi connectivity index (χ0) is 16.1. The van der Waals surface area contributed by atoms with Gasteiger partial charge in [-0.2, -0.15) is 0 Å². The average molecular weight is 282 g/mol. The molecule has 0 aromatic carbocycles. The molecule has 0 fully saturated rings. The van der Waals surface area contributed by atoms with Crippen LogP contribution in [0, 0.1) is 0 Å². The number of allylic oxidation sites excluding steroid dienone is 12. The van der Waals surface area contributed by atoms with Crippen LogP contribution in [0.3, 0.4) is 0 Å². The van der Waals surface area contributed by atoms with Crippen LogP contribution >= 0.6 is 0 Å². The maximum absolute atomic E-state index is 3.96. The second kappa shape index (κ2) is 12.0. The van der Waals surface area contributed by atoms with Gasteiger partial charge in [0.15, 0.2) is 0 Å². The van der Waals surface area contributed by atoms with Crippen molar-refractivity contribution in [1.29, 1.82) is 0 Å². The fraction of sp³-hybridized carbons (Fsp3) is 0.333. The zero-order valence-corrected chi connectivity index (χ0v) is 14.2. The molecule has 0 aliphatic heterocycles. The molecule has 0 saturated heterocycles. The third kappa shape index (κ3) is 6.94. The lowest BCUT2D eigenvalue weighted by molar-refractivity contribution is 0.949. The third-order valence-electron chi connectivity index (χ3n) is 3.32. The van der Waals surface area contributed by atoms with Gasteiger partial charge in [-0.1, -0.05) is 82.0 Å². The molecule has 0 spiro atoms. The summed E-state index contributed by atoms with van der Waals surface area (Å²) < 4.78 is 0. The molecule has 0 atom stereocenters. The predicted molar refractivity (Wildman–Crippen MR) is 98.4 cm³/mol. The molecule has 21 heavy (non-hydrogen) atoms. The van der Waals surface area contributed by atoms with Crippen LogP contribution in [-0.4, -0.2) is 0 Å². The Morgan fingerprint density at radius 1 is 0.952 bits per heavy atom. The van der Waals surface area contributed by atoms with E-state index in [0.29, 0.717) is 0 Å². The largest absolute Gasteiger partial charge is 0.0991 e. The summed E-state index contributed by atoms with van der Waals surface area (Å²) in [6, 6.07) is 0. The van der Waals surface area contributed by atoms with Gasteiger partial charge in [-0.05, 0) is 49.0 Å². The molecule has 0 heteroatoms. The first-order valence-corrected chi connectivity index (χ1v) is 7.83. The van der Waals surface area contributed by atoms with Gasteiger partial charge in [0.05, 0.1) is 0 Å². The molecular formula is C21H30. The molecule has 0 bridgehead atoms. The Bertz CT molecular complexity index is 476. The van der Waals surface area contributed by atoms with Crippen molar-refractivity contribution in [3.63, 3.8) is 0 Å². The van der Waals surface area contributed by atoms with E-state index < -0.39 is 0 Å². The van der Waals surface area contributed by atoms with Crippen LogP contribution in [0.4, 0.5) is 0 Å². The van der Waals surface area contributed by atoms with Crippen molar-refractivity contribution >= 4 is 0 Å². The van der Waals surface area contributed by atoms with E-state index in [4.69, 9.17) is 0 Å². The van der Waals surface area contributed by atoms with E-state index in [0.717, 1.165) is 19.3 Å². The van der Waals surface area contributed by atoms with Crippen LogP contribution in [0.15, 0.2) is 84.1 Å². The lowest BCUT2D eigenvalue weighted by atomic mass is 9.95. The summed E-state index contributed by atoms with van der Waals surface area (Å²) >= 11 is 0. The third-order valence-corrected chi connectivity index (χ3v) is 3.32. The lowest BCUT2D eigenvalue weighted by Gasteiger charge is -2.10. The van der Waals surface area contributed by atoms with Crippen molar-refractivity contribution in [1.82, 2.24) is 0 Å².